The number of nitrogens with zero attached hydrogens (tertiary/aromatic N) is 3. The number of aromatic nitrogens is 2. The topological polar surface area (TPSA) is 68.5 Å². The summed E-state index contributed by atoms with van der Waals surface area (Å²) >= 11 is 0. The molecule has 1 N–H and O–H groups in total. The van der Waals surface area contributed by atoms with Gasteiger partial charge in [0.25, 0.3) is 5.91 Å². The van der Waals surface area contributed by atoms with Crippen LogP contribution in [0.25, 0.3) is 0 Å². The van der Waals surface area contributed by atoms with Crippen molar-refractivity contribution in [3.63, 3.8) is 0 Å². The zero-order valence-electron chi connectivity index (χ0n) is 13.3. The Morgan fingerprint density at radius 2 is 2.05 bits per heavy atom. The number of ether oxygens (including phenoxy) is 1. The molecular formula is C16H20N4O2. The summed E-state index contributed by atoms with van der Waals surface area (Å²) in [4.78, 5) is 12.0. The van der Waals surface area contributed by atoms with E-state index >= 15 is 0 Å². The van der Waals surface area contributed by atoms with Gasteiger partial charge in [-0.1, -0.05) is 0 Å². The van der Waals surface area contributed by atoms with Gasteiger partial charge in [0.2, 0.25) is 0 Å². The molecular weight excluding hydrogens is 280 g/mol. The molecule has 116 valence electrons. The summed E-state index contributed by atoms with van der Waals surface area (Å²) in [6, 6.07) is 6.93. The van der Waals surface area contributed by atoms with Crippen LogP contribution in [0.4, 0.5) is 0 Å². The molecule has 1 aromatic heterocycles. The number of carbonyl (C=O) groups excluding carboxylic acids is 1. The molecule has 0 spiro atoms. The molecule has 6 nitrogen and oxygen atoms in total. The van der Waals surface area contributed by atoms with Crippen molar-refractivity contribution in [3.8, 4) is 5.75 Å². The third kappa shape index (κ3) is 3.52. The lowest BCUT2D eigenvalue weighted by molar-refractivity contribution is 0.0955. The van der Waals surface area contributed by atoms with Crippen LogP contribution in [0.3, 0.4) is 0 Å². The third-order valence-corrected chi connectivity index (χ3v) is 3.35. The van der Waals surface area contributed by atoms with Crippen molar-refractivity contribution in [1.82, 2.24) is 15.2 Å². The number of carbonyl (C=O) groups is 1. The van der Waals surface area contributed by atoms with Crippen molar-refractivity contribution in [2.75, 3.05) is 6.61 Å². The molecule has 2 aromatic rings. The number of rotatable bonds is 5. The molecule has 0 saturated carbocycles. The van der Waals surface area contributed by atoms with E-state index in [1.54, 1.807) is 35.2 Å². The largest absolute Gasteiger partial charge is 0.494 e. The molecule has 0 bridgehead atoms. The Bertz CT molecular complexity index is 687. The van der Waals surface area contributed by atoms with E-state index in [0.29, 0.717) is 12.2 Å². The molecule has 0 saturated heterocycles. The number of hydrogen-bond donors (Lipinski definition) is 1. The summed E-state index contributed by atoms with van der Waals surface area (Å²) in [5.41, 5.74) is 5.83. The summed E-state index contributed by atoms with van der Waals surface area (Å²) in [5, 5.41) is 8.30. The minimum atomic E-state index is -0.265. The van der Waals surface area contributed by atoms with Gasteiger partial charge in [-0.25, -0.2) is 5.43 Å². The predicted octanol–water partition coefficient (Wildman–Crippen LogP) is 2.20. The predicted molar refractivity (Wildman–Crippen MR) is 85.4 cm³/mol. The Balaban J connectivity index is 2.01. The van der Waals surface area contributed by atoms with Crippen LogP contribution in [-0.2, 0) is 7.05 Å². The maximum atomic E-state index is 12.0. The van der Waals surface area contributed by atoms with Gasteiger partial charge in [0.15, 0.2) is 0 Å². The van der Waals surface area contributed by atoms with Gasteiger partial charge < -0.3 is 4.74 Å². The van der Waals surface area contributed by atoms with Crippen LogP contribution in [0.5, 0.6) is 5.75 Å². The molecule has 0 unspecified atom stereocenters. The van der Waals surface area contributed by atoms with Gasteiger partial charge in [-0.15, -0.1) is 0 Å². The standard InChI is InChI=1S/C16H20N4O2/c1-5-22-14-8-6-13(7-9-14)16(21)18-17-10-15-11(2)19-20(4)12(15)3/h6-10H,5H2,1-4H3,(H,18,21)/b17-10-. The van der Waals surface area contributed by atoms with Gasteiger partial charge in [-0.05, 0) is 45.0 Å². The van der Waals surface area contributed by atoms with E-state index < -0.39 is 0 Å². The second-order valence-corrected chi connectivity index (χ2v) is 4.86. The lowest BCUT2D eigenvalue weighted by atomic mass is 10.2. The molecule has 0 aliphatic carbocycles. The fourth-order valence-corrected chi connectivity index (χ4v) is 2.07. The van der Waals surface area contributed by atoms with Crippen molar-refractivity contribution in [1.29, 1.82) is 0 Å². The van der Waals surface area contributed by atoms with Crippen LogP contribution in [0.15, 0.2) is 29.4 Å². The average molecular weight is 300 g/mol. The third-order valence-electron chi connectivity index (χ3n) is 3.35. The number of benzene rings is 1. The molecule has 1 aromatic carbocycles. The Morgan fingerprint density at radius 1 is 1.36 bits per heavy atom. The minimum Gasteiger partial charge on any atom is -0.494 e. The second-order valence-electron chi connectivity index (χ2n) is 4.86. The molecule has 0 atom stereocenters. The summed E-state index contributed by atoms with van der Waals surface area (Å²) in [6.45, 7) is 6.37. The highest BCUT2D eigenvalue weighted by Gasteiger charge is 2.07. The Hall–Kier alpha value is -2.63. The van der Waals surface area contributed by atoms with E-state index in [4.69, 9.17) is 4.74 Å². The minimum absolute atomic E-state index is 0.265. The van der Waals surface area contributed by atoms with E-state index in [-0.39, 0.29) is 5.91 Å². The van der Waals surface area contributed by atoms with Gasteiger partial charge in [0, 0.05) is 23.9 Å². The van der Waals surface area contributed by atoms with Crippen molar-refractivity contribution >= 4 is 12.1 Å². The van der Waals surface area contributed by atoms with Crippen LogP contribution in [-0.4, -0.2) is 28.5 Å². The van der Waals surface area contributed by atoms with E-state index in [2.05, 4.69) is 15.6 Å². The summed E-state index contributed by atoms with van der Waals surface area (Å²) in [6.07, 6.45) is 1.62. The zero-order chi connectivity index (χ0) is 16.1. The van der Waals surface area contributed by atoms with Crippen LogP contribution in [0.1, 0.15) is 34.2 Å². The normalized spacial score (nSPS) is 10.9. The van der Waals surface area contributed by atoms with Crippen molar-refractivity contribution in [2.45, 2.75) is 20.8 Å². The second kappa shape index (κ2) is 6.89. The van der Waals surface area contributed by atoms with E-state index in [0.717, 1.165) is 22.7 Å². The first kappa shape index (κ1) is 15.8. The van der Waals surface area contributed by atoms with Crippen LogP contribution in [0.2, 0.25) is 0 Å². The van der Waals surface area contributed by atoms with Crippen LogP contribution >= 0.6 is 0 Å². The highest BCUT2D eigenvalue weighted by molar-refractivity contribution is 5.95. The Morgan fingerprint density at radius 3 is 2.59 bits per heavy atom. The molecule has 1 heterocycles. The first-order valence-corrected chi connectivity index (χ1v) is 7.09. The number of hydrogen-bond acceptors (Lipinski definition) is 4. The number of amides is 1. The van der Waals surface area contributed by atoms with Crippen LogP contribution < -0.4 is 10.2 Å². The smallest absolute Gasteiger partial charge is 0.271 e. The van der Waals surface area contributed by atoms with Gasteiger partial charge in [-0.2, -0.15) is 10.2 Å². The first-order valence-electron chi connectivity index (χ1n) is 7.09. The van der Waals surface area contributed by atoms with Gasteiger partial charge in [0.05, 0.1) is 18.5 Å². The molecule has 1 amide bonds. The molecule has 0 radical (unpaired) electrons. The highest BCUT2D eigenvalue weighted by atomic mass is 16.5. The summed E-state index contributed by atoms with van der Waals surface area (Å²) < 4.78 is 7.12. The van der Waals surface area contributed by atoms with Gasteiger partial charge >= 0.3 is 0 Å². The Labute approximate surface area is 129 Å². The van der Waals surface area contributed by atoms with E-state index in [1.165, 1.54) is 0 Å². The molecule has 22 heavy (non-hydrogen) atoms. The van der Waals surface area contributed by atoms with Crippen molar-refractivity contribution < 1.29 is 9.53 Å². The van der Waals surface area contributed by atoms with Gasteiger partial charge in [0.1, 0.15) is 5.75 Å². The SMILES string of the molecule is CCOc1ccc(C(=O)N/N=C\c2c(C)nn(C)c2C)cc1. The number of hydrazone groups is 1. The molecule has 2 rings (SSSR count). The van der Waals surface area contributed by atoms with Crippen molar-refractivity contribution in [3.05, 3.63) is 46.8 Å². The van der Waals surface area contributed by atoms with E-state index in [1.807, 2.05) is 27.8 Å². The zero-order valence-corrected chi connectivity index (χ0v) is 13.3. The lowest BCUT2D eigenvalue weighted by Gasteiger charge is -2.04. The summed E-state index contributed by atoms with van der Waals surface area (Å²) in [5.74, 6) is 0.475. The molecule has 0 fully saturated rings. The molecule has 6 heteroatoms. The quantitative estimate of drug-likeness (QED) is 0.680. The maximum absolute atomic E-state index is 12.0. The summed E-state index contributed by atoms with van der Waals surface area (Å²) in [7, 11) is 1.87. The Kier molecular flexibility index (Phi) is 4.93. The van der Waals surface area contributed by atoms with Crippen molar-refractivity contribution in [2.24, 2.45) is 12.1 Å². The fraction of sp³-hybridized carbons (Fsp3) is 0.312. The fourth-order valence-electron chi connectivity index (χ4n) is 2.07. The monoisotopic (exact) mass is 300 g/mol. The number of nitrogens with one attached hydrogen (secondary N) is 1. The molecule has 0 aliphatic heterocycles. The maximum Gasteiger partial charge on any atom is 0.271 e. The highest BCUT2D eigenvalue weighted by Crippen LogP contribution is 2.12. The van der Waals surface area contributed by atoms with Gasteiger partial charge in [-0.3, -0.25) is 9.48 Å². The van der Waals surface area contributed by atoms with E-state index in [9.17, 15) is 4.79 Å². The average Bonchev–Trinajstić information content (AvgIpc) is 2.74. The molecule has 0 aliphatic rings. The van der Waals surface area contributed by atoms with Crippen LogP contribution in [0, 0.1) is 13.8 Å². The first-order chi connectivity index (χ1) is 10.5. The lowest BCUT2D eigenvalue weighted by Crippen LogP contribution is -2.17. The number of aryl methyl sites for hydroxylation is 2.